The van der Waals surface area contributed by atoms with Crippen LogP contribution in [0.2, 0.25) is 10.0 Å². The van der Waals surface area contributed by atoms with Gasteiger partial charge in [-0.05, 0) is 60.6 Å². The smallest absolute Gasteiger partial charge is 0.309 e. The fourth-order valence-electron chi connectivity index (χ4n) is 5.29. The standard InChI is InChI=1S/C21H27Cl2NO3/c1-11(2)16-13(22)9-12-17(18(16)23)14(24-27-5)10-15-20(12,3)7-6-8-21(15,4)19(25)26/h9,11,15H,6-8,10H2,1-5H3,(H,25,26)/b24-14-/t15-,20-,21-/m1/s1. The van der Waals surface area contributed by atoms with E-state index in [9.17, 15) is 9.90 Å². The Morgan fingerprint density at radius 2 is 2.00 bits per heavy atom. The number of hydrogen-bond acceptors (Lipinski definition) is 3. The molecular weight excluding hydrogens is 385 g/mol. The molecule has 1 aromatic rings. The molecule has 0 heterocycles. The van der Waals surface area contributed by atoms with Crippen molar-refractivity contribution in [1.82, 2.24) is 0 Å². The highest BCUT2D eigenvalue weighted by Crippen LogP contribution is 2.59. The molecule has 6 heteroatoms. The Morgan fingerprint density at radius 3 is 2.56 bits per heavy atom. The molecule has 0 spiro atoms. The summed E-state index contributed by atoms with van der Waals surface area (Å²) in [4.78, 5) is 17.3. The average Bonchev–Trinajstić information content (AvgIpc) is 2.56. The number of nitrogens with zero attached hydrogens (tertiary/aromatic N) is 1. The first-order valence-electron chi connectivity index (χ1n) is 9.44. The van der Waals surface area contributed by atoms with Gasteiger partial charge in [-0.15, -0.1) is 0 Å². The van der Waals surface area contributed by atoms with E-state index in [4.69, 9.17) is 28.0 Å². The normalized spacial score (nSPS) is 31.6. The summed E-state index contributed by atoms with van der Waals surface area (Å²) in [5, 5.41) is 15.5. The van der Waals surface area contributed by atoms with Crippen LogP contribution in [0.25, 0.3) is 0 Å². The third-order valence-corrected chi connectivity index (χ3v) is 7.46. The molecule has 0 aliphatic heterocycles. The fourth-order valence-corrected chi connectivity index (χ4v) is 6.29. The number of hydrogen-bond donors (Lipinski definition) is 1. The highest BCUT2D eigenvalue weighted by atomic mass is 35.5. The lowest BCUT2D eigenvalue weighted by Crippen LogP contribution is -2.53. The van der Waals surface area contributed by atoms with Crippen LogP contribution in [0.15, 0.2) is 11.2 Å². The monoisotopic (exact) mass is 411 g/mol. The van der Waals surface area contributed by atoms with Crippen LogP contribution >= 0.6 is 23.2 Å². The molecule has 2 aliphatic carbocycles. The second-order valence-corrected chi connectivity index (χ2v) is 9.42. The molecule has 0 radical (unpaired) electrons. The molecule has 148 valence electrons. The van der Waals surface area contributed by atoms with Crippen LogP contribution in [-0.4, -0.2) is 23.9 Å². The number of aliphatic carboxylic acids is 1. The van der Waals surface area contributed by atoms with Gasteiger partial charge in [-0.3, -0.25) is 4.79 Å². The van der Waals surface area contributed by atoms with E-state index in [1.165, 1.54) is 7.11 Å². The summed E-state index contributed by atoms with van der Waals surface area (Å²) in [5.41, 5.74) is 2.35. The van der Waals surface area contributed by atoms with Gasteiger partial charge in [0.1, 0.15) is 7.11 Å². The number of benzene rings is 1. The molecule has 4 nitrogen and oxygen atoms in total. The van der Waals surface area contributed by atoms with Crippen LogP contribution in [-0.2, 0) is 15.0 Å². The molecule has 3 rings (SSSR count). The van der Waals surface area contributed by atoms with Gasteiger partial charge in [0, 0.05) is 10.6 Å². The Hall–Kier alpha value is -1.26. The minimum atomic E-state index is -0.825. The Balaban J connectivity index is 2.33. The average molecular weight is 412 g/mol. The number of carboxylic acids is 1. The second kappa shape index (κ2) is 6.97. The lowest BCUT2D eigenvalue weighted by molar-refractivity contribution is -0.156. The second-order valence-electron chi connectivity index (χ2n) is 8.63. The summed E-state index contributed by atoms with van der Waals surface area (Å²) in [6.45, 7) is 8.13. The molecule has 1 fully saturated rings. The van der Waals surface area contributed by atoms with Gasteiger partial charge < -0.3 is 9.94 Å². The first-order chi connectivity index (χ1) is 12.6. The molecule has 3 atom stereocenters. The number of fused-ring (bicyclic) bond motifs is 3. The van der Waals surface area contributed by atoms with Crippen molar-refractivity contribution >= 4 is 34.9 Å². The highest BCUT2D eigenvalue weighted by Gasteiger charge is 2.57. The molecule has 2 aliphatic rings. The summed E-state index contributed by atoms with van der Waals surface area (Å²) < 4.78 is 0. The van der Waals surface area contributed by atoms with Crippen molar-refractivity contribution in [2.45, 2.75) is 64.7 Å². The summed E-state index contributed by atoms with van der Waals surface area (Å²) >= 11 is 13.5. The molecule has 0 aromatic heterocycles. The van der Waals surface area contributed by atoms with Crippen LogP contribution in [0, 0.1) is 11.3 Å². The van der Waals surface area contributed by atoms with E-state index >= 15 is 0 Å². The van der Waals surface area contributed by atoms with Crippen LogP contribution in [0.1, 0.15) is 76.0 Å². The van der Waals surface area contributed by atoms with Crippen molar-refractivity contribution < 1.29 is 14.7 Å². The number of rotatable bonds is 3. The maximum Gasteiger partial charge on any atom is 0.309 e. The van der Waals surface area contributed by atoms with Crippen LogP contribution in [0.4, 0.5) is 0 Å². The Morgan fingerprint density at radius 1 is 1.33 bits per heavy atom. The van der Waals surface area contributed by atoms with Gasteiger partial charge in [0.05, 0.1) is 16.1 Å². The minimum absolute atomic E-state index is 0.102. The molecular formula is C21H27Cl2NO3. The number of halogens is 2. The summed E-state index contributed by atoms with van der Waals surface area (Å²) in [6.07, 6.45) is 2.94. The van der Waals surface area contributed by atoms with Crippen molar-refractivity contribution in [3.05, 3.63) is 32.8 Å². The zero-order valence-electron chi connectivity index (χ0n) is 16.5. The van der Waals surface area contributed by atoms with E-state index in [0.29, 0.717) is 28.6 Å². The van der Waals surface area contributed by atoms with Crippen molar-refractivity contribution in [1.29, 1.82) is 0 Å². The first kappa shape index (κ1) is 20.5. The molecule has 27 heavy (non-hydrogen) atoms. The highest BCUT2D eigenvalue weighted by molar-refractivity contribution is 6.39. The van der Waals surface area contributed by atoms with Gasteiger partial charge in [-0.1, -0.05) is 55.5 Å². The summed E-state index contributed by atoms with van der Waals surface area (Å²) in [6, 6.07) is 1.99. The Kier molecular flexibility index (Phi) is 5.28. The quantitative estimate of drug-likeness (QED) is 0.618. The van der Waals surface area contributed by atoms with Crippen molar-refractivity contribution in [2.75, 3.05) is 7.11 Å². The van der Waals surface area contributed by atoms with Gasteiger partial charge in [-0.2, -0.15) is 0 Å². The lowest BCUT2D eigenvalue weighted by atomic mass is 9.49. The SMILES string of the molecule is CO/N=C1/C[C@H]2[C@](C)(C(=O)O)CCC[C@]2(C)c2cc(Cl)c(C(C)C)c(Cl)c21. The first-order valence-corrected chi connectivity index (χ1v) is 10.2. The van der Waals surface area contributed by atoms with E-state index in [0.717, 1.165) is 29.5 Å². The van der Waals surface area contributed by atoms with Crippen molar-refractivity contribution in [3.8, 4) is 0 Å². The summed E-state index contributed by atoms with van der Waals surface area (Å²) in [7, 11) is 1.50. The Bertz CT molecular complexity index is 820. The van der Waals surface area contributed by atoms with Gasteiger partial charge in [0.25, 0.3) is 0 Å². The zero-order valence-corrected chi connectivity index (χ0v) is 18.0. The number of carboxylic acid groups (broad SMARTS) is 1. The van der Waals surface area contributed by atoms with Crippen LogP contribution < -0.4 is 0 Å². The molecule has 0 bridgehead atoms. The van der Waals surface area contributed by atoms with Gasteiger partial charge in [0.15, 0.2) is 0 Å². The van der Waals surface area contributed by atoms with Gasteiger partial charge in [0.2, 0.25) is 0 Å². The molecule has 1 aromatic carbocycles. The third kappa shape index (κ3) is 2.96. The maximum absolute atomic E-state index is 12.2. The summed E-state index contributed by atoms with van der Waals surface area (Å²) in [5.74, 6) is -0.690. The molecule has 0 saturated heterocycles. The van der Waals surface area contributed by atoms with Crippen molar-refractivity contribution in [2.24, 2.45) is 16.5 Å². The zero-order chi connectivity index (χ0) is 20.1. The topological polar surface area (TPSA) is 58.9 Å². The van der Waals surface area contributed by atoms with Crippen LogP contribution in [0.3, 0.4) is 0 Å². The van der Waals surface area contributed by atoms with Crippen LogP contribution in [0.5, 0.6) is 0 Å². The largest absolute Gasteiger partial charge is 0.481 e. The minimum Gasteiger partial charge on any atom is -0.481 e. The lowest BCUT2D eigenvalue weighted by Gasteiger charge is -2.53. The van der Waals surface area contributed by atoms with Crippen molar-refractivity contribution in [3.63, 3.8) is 0 Å². The van der Waals surface area contributed by atoms with E-state index < -0.39 is 11.4 Å². The number of carbonyl (C=O) groups is 1. The Labute approximate surface area is 170 Å². The fraction of sp³-hybridized carbons (Fsp3) is 0.619. The predicted molar refractivity (Wildman–Crippen MR) is 109 cm³/mol. The van der Waals surface area contributed by atoms with E-state index in [1.807, 2.05) is 13.0 Å². The molecule has 1 N–H and O–H groups in total. The molecule has 0 amide bonds. The third-order valence-electron chi connectivity index (χ3n) is 6.75. The van der Waals surface area contributed by atoms with E-state index in [2.05, 4.69) is 25.9 Å². The number of oxime groups is 1. The van der Waals surface area contributed by atoms with E-state index in [1.54, 1.807) is 0 Å². The maximum atomic E-state index is 12.2. The predicted octanol–water partition coefficient (Wildman–Crippen LogP) is 6.02. The molecule has 0 unspecified atom stereocenters. The molecule has 1 saturated carbocycles. The van der Waals surface area contributed by atoms with E-state index in [-0.39, 0.29) is 17.3 Å². The van der Waals surface area contributed by atoms with Gasteiger partial charge >= 0.3 is 5.97 Å². The van der Waals surface area contributed by atoms with Gasteiger partial charge in [-0.25, -0.2) is 0 Å².